The van der Waals surface area contributed by atoms with Crippen molar-refractivity contribution in [3.05, 3.63) is 11.9 Å². The normalized spacial score (nSPS) is 19.1. The Labute approximate surface area is 120 Å². The quantitative estimate of drug-likeness (QED) is 0.565. The number of hydrogen-bond donors (Lipinski definition) is 3. The molecule has 0 spiro atoms. The van der Waals surface area contributed by atoms with Gasteiger partial charge in [0.1, 0.15) is 11.6 Å². The van der Waals surface area contributed by atoms with Gasteiger partial charge in [0.25, 0.3) is 0 Å². The summed E-state index contributed by atoms with van der Waals surface area (Å²) in [5, 5.41) is 8.90. The number of aromatic nitrogens is 2. The van der Waals surface area contributed by atoms with Crippen LogP contribution in [0, 0.1) is 0 Å². The molecule has 118 valence electrons. The lowest BCUT2D eigenvalue weighted by Gasteiger charge is -2.26. The molecule has 21 heavy (non-hydrogen) atoms. The molecule has 1 saturated heterocycles. The van der Waals surface area contributed by atoms with E-state index in [1.165, 1.54) is 6.07 Å². The van der Waals surface area contributed by atoms with E-state index in [9.17, 15) is 13.2 Å². The van der Waals surface area contributed by atoms with Crippen molar-refractivity contribution in [3.63, 3.8) is 0 Å². The van der Waals surface area contributed by atoms with Gasteiger partial charge in [0.2, 0.25) is 5.82 Å². The van der Waals surface area contributed by atoms with Crippen LogP contribution in [-0.2, 0) is 6.18 Å². The van der Waals surface area contributed by atoms with Crippen molar-refractivity contribution in [2.24, 2.45) is 5.84 Å². The maximum Gasteiger partial charge on any atom is 0.451 e. The molecule has 0 saturated carbocycles. The molecule has 6 nitrogen and oxygen atoms in total. The van der Waals surface area contributed by atoms with Gasteiger partial charge < -0.3 is 15.4 Å². The van der Waals surface area contributed by atoms with Gasteiger partial charge in [-0.3, -0.25) is 0 Å². The van der Waals surface area contributed by atoms with E-state index < -0.39 is 12.0 Å². The zero-order valence-electron chi connectivity index (χ0n) is 11.4. The standard InChI is InChI=1S/C12H18F3N5O/c13-12(14,15)11-17-9(19-16)7-10(18-11)20-5-1-3-8(20)4-2-6-21/h7-8,21H,1-6,16H2,(H,17,18,19). The highest BCUT2D eigenvalue weighted by Gasteiger charge is 2.36. The minimum atomic E-state index is -4.62. The van der Waals surface area contributed by atoms with E-state index in [1.54, 1.807) is 0 Å². The summed E-state index contributed by atoms with van der Waals surface area (Å²) in [4.78, 5) is 8.79. The Morgan fingerprint density at radius 2 is 2.19 bits per heavy atom. The smallest absolute Gasteiger partial charge is 0.396 e. The number of halogens is 3. The van der Waals surface area contributed by atoms with Crippen molar-refractivity contribution in [1.29, 1.82) is 0 Å². The van der Waals surface area contributed by atoms with Gasteiger partial charge in [-0.2, -0.15) is 13.2 Å². The molecule has 0 aromatic carbocycles. The van der Waals surface area contributed by atoms with Gasteiger partial charge in [-0.05, 0) is 25.7 Å². The number of anilines is 2. The van der Waals surface area contributed by atoms with Crippen LogP contribution in [0.3, 0.4) is 0 Å². The van der Waals surface area contributed by atoms with Crippen molar-refractivity contribution < 1.29 is 18.3 Å². The average molecular weight is 305 g/mol. The Balaban J connectivity index is 2.29. The summed E-state index contributed by atoms with van der Waals surface area (Å²) < 4.78 is 38.5. The van der Waals surface area contributed by atoms with Gasteiger partial charge in [0.15, 0.2) is 0 Å². The fourth-order valence-corrected chi connectivity index (χ4v) is 2.55. The summed E-state index contributed by atoms with van der Waals surface area (Å²) in [5.41, 5.74) is 2.14. The van der Waals surface area contributed by atoms with Crippen molar-refractivity contribution in [1.82, 2.24) is 9.97 Å². The first-order valence-corrected chi connectivity index (χ1v) is 6.76. The molecule has 0 aliphatic carbocycles. The lowest BCUT2D eigenvalue weighted by atomic mass is 10.1. The van der Waals surface area contributed by atoms with Crippen LogP contribution in [0.1, 0.15) is 31.5 Å². The molecule has 0 radical (unpaired) electrons. The molecule has 4 N–H and O–H groups in total. The zero-order valence-corrected chi connectivity index (χ0v) is 11.4. The number of alkyl halides is 3. The third kappa shape index (κ3) is 3.73. The number of aliphatic hydroxyl groups is 1. The molecule has 9 heteroatoms. The number of aliphatic hydroxyl groups excluding tert-OH is 1. The van der Waals surface area contributed by atoms with Crippen LogP contribution in [0.5, 0.6) is 0 Å². The summed E-state index contributed by atoms with van der Waals surface area (Å²) in [7, 11) is 0. The third-order valence-electron chi connectivity index (χ3n) is 3.48. The van der Waals surface area contributed by atoms with Crippen LogP contribution in [-0.4, -0.2) is 34.3 Å². The summed E-state index contributed by atoms with van der Waals surface area (Å²) in [6.07, 6.45) is -1.54. The van der Waals surface area contributed by atoms with Gasteiger partial charge in [-0.25, -0.2) is 15.8 Å². The fourth-order valence-electron chi connectivity index (χ4n) is 2.55. The summed E-state index contributed by atoms with van der Waals surface area (Å²) in [5.74, 6) is 4.12. The Bertz CT molecular complexity index is 482. The number of hydrazine groups is 1. The van der Waals surface area contributed by atoms with Crippen LogP contribution < -0.4 is 16.2 Å². The SMILES string of the molecule is NNc1cc(N2CCCC2CCCO)nc(C(F)(F)F)n1. The number of hydrogen-bond acceptors (Lipinski definition) is 6. The molecule has 1 aliphatic rings. The number of nitrogens with zero attached hydrogens (tertiary/aromatic N) is 3. The van der Waals surface area contributed by atoms with Gasteiger partial charge in [0, 0.05) is 25.3 Å². The minimum absolute atomic E-state index is 0.0670. The van der Waals surface area contributed by atoms with Crippen molar-refractivity contribution in [3.8, 4) is 0 Å². The Morgan fingerprint density at radius 1 is 1.43 bits per heavy atom. The predicted molar refractivity (Wildman–Crippen MR) is 71.5 cm³/mol. The Morgan fingerprint density at radius 3 is 2.81 bits per heavy atom. The number of rotatable bonds is 5. The lowest BCUT2D eigenvalue weighted by molar-refractivity contribution is -0.144. The lowest BCUT2D eigenvalue weighted by Crippen LogP contribution is -2.31. The summed E-state index contributed by atoms with van der Waals surface area (Å²) in [6, 6.07) is 1.49. The Hall–Kier alpha value is -1.61. The maximum atomic E-state index is 12.8. The van der Waals surface area contributed by atoms with E-state index in [-0.39, 0.29) is 24.3 Å². The fraction of sp³-hybridized carbons (Fsp3) is 0.667. The number of nitrogens with two attached hydrogens (primary N) is 1. The molecule has 1 atom stereocenters. The molecule has 1 aliphatic heterocycles. The van der Waals surface area contributed by atoms with Crippen LogP contribution >= 0.6 is 0 Å². The maximum absolute atomic E-state index is 12.8. The molecular weight excluding hydrogens is 287 g/mol. The van der Waals surface area contributed by atoms with Crippen LogP contribution in [0.25, 0.3) is 0 Å². The van der Waals surface area contributed by atoms with Crippen LogP contribution in [0.4, 0.5) is 24.8 Å². The molecule has 1 aromatic rings. The van der Waals surface area contributed by atoms with Gasteiger partial charge >= 0.3 is 6.18 Å². The van der Waals surface area contributed by atoms with Crippen LogP contribution in [0.15, 0.2) is 6.07 Å². The molecule has 2 rings (SSSR count). The van der Waals surface area contributed by atoms with Gasteiger partial charge in [0.05, 0.1) is 0 Å². The zero-order chi connectivity index (χ0) is 15.5. The highest BCUT2D eigenvalue weighted by atomic mass is 19.4. The van der Waals surface area contributed by atoms with Gasteiger partial charge in [-0.15, -0.1) is 0 Å². The minimum Gasteiger partial charge on any atom is -0.396 e. The Kier molecular flexibility index (Phi) is 4.84. The first kappa shape index (κ1) is 15.8. The third-order valence-corrected chi connectivity index (χ3v) is 3.48. The largest absolute Gasteiger partial charge is 0.451 e. The molecule has 1 aromatic heterocycles. The monoisotopic (exact) mass is 305 g/mol. The number of nitrogen functional groups attached to an aromatic ring is 1. The first-order valence-electron chi connectivity index (χ1n) is 6.76. The highest BCUT2D eigenvalue weighted by molar-refractivity contribution is 5.50. The van der Waals surface area contributed by atoms with Crippen molar-refractivity contribution >= 4 is 11.6 Å². The van der Waals surface area contributed by atoms with E-state index in [2.05, 4.69) is 15.4 Å². The molecule has 0 amide bonds. The van der Waals surface area contributed by atoms with Crippen molar-refractivity contribution in [2.75, 3.05) is 23.5 Å². The van der Waals surface area contributed by atoms with E-state index in [0.29, 0.717) is 19.4 Å². The highest BCUT2D eigenvalue weighted by Crippen LogP contribution is 2.32. The second-order valence-corrected chi connectivity index (χ2v) is 4.93. The van der Waals surface area contributed by atoms with Crippen molar-refractivity contribution in [2.45, 2.75) is 37.9 Å². The predicted octanol–water partition coefficient (Wildman–Crippen LogP) is 1.52. The van der Waals surface area contributed by atoms with Crippen LogP contribution in [0.2, 0.25) is 0 Å². The molecule has 2 heterocycles. The average Bonchev–Trinajstić information content (AvgIpc) is 2.92. The molecule has 0 bridgehead atoms. The van der Waals surface area contributed by atoms with E-state index in [1.807, 2.05) is 4.90 Å². The molecular formula is C12H18F3N5O. The van der Waals surface area contributed by atoms with E-state index in [0.717, 1.165) is 12.8 Å². The molecule has 1 fully saturated rings. The molecule has 1 unspecified atom stereocenters. The van der Waals surface area contributed by atoms with E-state index in [4.69, 9.17) is 10.9 Å². The second kappa shape index (κ2) is 6.44. The van der Waals surface area contributed by atoms with E-state index >= 15 is 0 Å². The van der Waals surface area contributed by atoms with Gasteiger partial charge in [-0.1, -0.05) is 0 Å². The second-order valence-electron chi connectivity index (χ2n) is 4.93. The summed E-state index contributed by atoms with van der Waals surface area (Å²) in [6.45, 7) is 0.700. The first-order chi connectivity index (χ1) is 9.95. The number of nitrogens with one attached hydrogen (secondary N) is 1. The topological polar surface area (TPSA) is 87.3 Å². The summed E-state index contributed by atoms with van der Waals surface area (Å²) >= 11 is 0.